The van der Waals surface area contributed by atoms with Gasteiger partial charge in [-0.05, 0) is 24.6 Å². The molecule has 0 aliphatic rings. The number of nitrogen functional groups attached to an aromatic ring is 1. The Morgan fingerprint density at radius 1 is 0.958 bits per heavy atom. The first-order chi connectivity index (χ1) is 11.4. The summed E-state index contributed by atoms with van der Waals surface area (Å²) in [6, 6.07) is 3.98. The van der Waals surface area contributed by atoms with Gasteiger partial charge in [0.2, 0.25) is 0 Å². The molecule has 24 heavy (non-hydrogen) atoms. The minimum absolute atomic E-state index is 0.216. The third-order valence-corrected chi connectivity index (χ3v) is 4.88. The smallest absolute Gasteiger partial charge is 0.294 e. The minimum atomic E-state index is -4.22. The summed E-state index contributed by atoms with van der Waals surface area (Å²) in [7, 11) is -4.22. The molecule has 0 bridgehead atoms. The molecule has 0 heterocycles. The van der Waals surface area contributed by atoms with Crippen molar-refractivity contribution in [3.8, 4) is 5.75 Å². The summed E-state index contributed by atoms with van der Waals surface area (Å²) < 4.78 is 36.6. The topological polar surface area (TPSA) is 89.6 Å². The van der Waals surface area contributed by atoms with Crippen LogP contribution in [0.5, 0.6) is 5.75 Å². The quantitative estimate of drug-likeness (QED) is 0.300. The van der Waals surface area contributed by atoms with E-state index in [0.717, 1.165) is 12.8 Å². The van der Waals surface area contributed by atoms with Gasteiger partial charge >= 0.3 is 0 Å². The third-order valence-electron chi connectivity index (χ3n) is 4.03. The summed E-state index contributed by atoms with van der Waals surface area (Å²) in [5, 5.41) is 0. The van der Waals surface area contributed by atoms with Gasteiger partial charge in [-0.25, -0.2) is 0 Å². The van der Waals surface area contributed by atoms with E-state index in [0.29, 0.717) is 12.4 Å². The molecule has 0 radical (unpaired) electrons. The number of ether oxygens (including phenoxy) is 1. The molecule has 0 aliphatic carbocycles. The number of nitrogens with two attached hydrogens (primary N) is 1. The highest BCUT2D eigenvalue weighted by atomic mass is 32.2. The molecule has 0 aromatic heterocycles. The first-order valence-electron chi connectivity index (χ1n) is 8.95. The molecule has 1 aromatic rings. The van der Waals surface area contributed by atoms with Gasteiger partial charge in [0.05, 0.1) is 17.2 Å². The molecular formula is C18H31NO4S. The Bertz CT molecular complexity index is 572. The van der Waals surface area contributed by atoms with Gasteiger partial charge in [0.25, 0.3) is 10.1 Å². The van der Waals surface area contributed by atoms with E-state index in [1.807, 2.05) is 0 Å². The van der Waals surface area contributed by atoms with Crippen molar-refractivity contribution in [2.45, 2.75) is 76.0 Å². The molecule has 1 rings (SSSR count). The monoisotopic (exact) mass is 357 g/mol. The Kier molecular flexibility index (Phi) is 9.79. The molecule has 0 fully saturated rings. The standard InChI is InChI=1S/C18H31NO4S/c1-2-3-4-5-6-7-8-9-10-11-14-23-18-13-12-16(15-17(18)19)24(20,21)22/h12-13,15H,2-11,14,19H2,1H3,(H,20,21,22). The lowest BCUT2D eigenvalue weighted by Crippen LogP contribution is -2.03. The maximum absolute atomic E-state index is 11.0. The van der Waals surface area contributed by atoms with Crippen molar-refractivity contribution in [2.24, 2.45) is 0 Å². The lowest BCUT2D eigenvalue weighted by molar-refractivity contribution is 0.305. The zero-order valence-electron chi connectivity index (χ0n) is 14.7. The molecular weight excluding hydrogens is 326 g/mol. The van der Waals surface area contributed by atoms with Crippen molar-refractivity contribution in [1.82, 2.24) is 0 Å². The molecule has 0 aliphatic heterocycles. The Morgan fingerprint density at radius 3 is 2.00 bits per heavy atom. The normalized spacial score (nSPS) is 11.6. The van der Waals surface area contributed by atoms with Crippen molar-refractivity contribution >= 4 is 15.8 Å². The van der Waals surface area contributed by atoms with Crippen LogP contribution < -0.4 is 10.5 Å². The summed E-state index contributed by atoms with van der Waals surface area (Å²) in [6.07, 6.45) is 12.6. The largest absolute Gasteiger partial charge is 0.491 e. The molecule has 0 unspecified atom stereocenters. The molecule has 1 aromatic carbocycles. The molecule has 0 saturated heterocycles. The van der Waals surface area contributed by atoms with Crippen molar-refractivity contribution < 1.29 is 17.7 Å². The number of anilines is 1. The predicted molar refractivity (Wildman–Crippen MR) is 98.0 cm³/mol. The van der Waals surface area contributed by atoms with Gasteiger partial charge in [0.1, 0.15) is 5.75 Å². The van der Waals surface area contributed by atoms with Crippen molar-refractivity contribution in [1.29, 1.82) is 0 Å². The van der Waals surface area contributed by atoms with Crippen molar-refractivity contribution in [3.05, 3.63) is 18.2 Å². The Balaban J connectivity index is 2.11. The fourth-order valence-corrected chi connectivity index (χ4v) is 3.11. The van der Waals surface area contributed by atoms with Crippen LogP contribution in [0.3, 0.4) is 0 Å². The van der Waals surface area contributed by atoms with E-state index in [-0.39, 0.29) is 10.6 Å². The highest BCUT2D eigenvalue weighted by Gasteiger charge is 2.11. The van der Waals surface area contributed by atoms with Crippen LogP contribution in [0.25, 0.3) is 0 Å². The number of hydrogen-bond acceptors (Lipinski definition) is 4. The highest BCUT2D eigenvalue weighted by molar-refractivity contribution is 7.85. The first kappa shape index (κ1) is 20.8. The van der Waals surface area contributed by atoms with Gasteiger partial charge in [0, 0.05) is 0 Å². The predicted octanol–water partition coefficient (Wildman–Crippen LogP) is 4.82. The first-order valence-corrected chi connectivity index (χ1v) is 10.4. The Hall–Kier alpha value is -1.27. The van der Waals surface area contributed by atoms with E-state index < -0.39 is 10.1 Å². The molecule has 0 amide bonds. The van der Waals surface area contributed by atoms with E-state index in [1.165, 1.54) is 69.6 Å². The summed E-state index contributed by atoms with van der Waals surface area (Å²) in [6.45, 7) is 2.80. The molecule has 3 N–H and O–H groups in total. The Morgan fingerprint density at radius 2 is 1.50 bits per heavy atom. The number of unbranched alkanes of at least 4 members (excludes halogenated alkanes) is 9. The summed E-state index contributed by atoms with van der Waals surface area (Å²) in [5.41, 5.74) is 5.97. The lowest BCUT2D eigenvalue weighted by atomic mass is 10.1. The summed E-state index contributed by atoms with van der Waals surface area (Å²) in [4.78, 5) is -0.216. The van der Waals surface area contributed by atoms with Crippen molar-refractivity contribution in [2.75, 3.05) is 12.3 Å². The average molecular weight is 358 g/mol. The van der Waals surface area contributed by atoms with Gasteiger partial charge < -0.3 is 10.5 Å². The molecule has 5 nitrogen and oxygen atoms in total. The molecule has 6 heteroatoms. The Labute approximate surface area is 146 Å². The minimum Gasteiger partial charge on any atom is -0.491 e. The van der Waals surface area contributed by atoms with E-state index in [4.69, 9.17) is 15.0 Å². The van der Waals surface area contributed by atoms with Crippen LogP contribution in [0, 0.1) is 0 Å². The van der Waals surface area contributed by atoms with Gasteiger partial charge in [-0.1, -0.05) is 64.7 Å². The van der Waals surface area contributed by atoms with E-state index >= 15 is 0 Å². The molecule has 0 atom stereocenters. The number of benzene rings is 1. The lowest BCUT2D eigenvalue weighted by Gasteiger charge is -2.09. The SMILES string of the molecule is CCCCCCCCCCCCOc1ccc(S(=O)(=O)O)cc1N. The molecule has 138 valence electrons. The average Bonchev–Trinajstić information content (AvgIpc) is 2.53. The summed E-state index contributed by atoms with van der Waals surface area (Å²) in [5.74, 6) is 0.457. The maximum atomic E-state index is 11.0. The summed E-state index contributed by atoms with van der Waals surface area (Å²) >= 11 is 0. The molecule has 0 spiro atoms. The fraction of sp³-hybridized carbons (Fsp3) is 0.667. The second-order valence-corrected chi connectivity index (χ2v) is 7.63. The van der Waals surface area contributed by atoms with E-state index in [2.05, 4.69) is 6.92 Å². The number of hydrogen-bond donors (Lipinski definition) is 2. The van der Waals surface area contributed by atoms with Crippen molar-refractivity contribution in [3.63, 3.8) is 0 Å². The zero-order valence-corrected chi connectivity index (χ0v) is 15.5. The van der Waals surface area contributed by atoms with E-state index in [1.54, 1.807) is 0 Å². The maximum Gasteiger partial charge on any atom is 0.294 e. The van der Waals surface area contributed by atoms with Crippen LogP contribution in [0.15, 0.2) is 23.1 Å². The second-order valence-electron chi connectivity index (χ2n) is 6.21. The van der Waals surface area contributed by atoms with Crippen LogP contribution in [-0.4, -0.2) is 19.6 Å². The third kappa shape index (κ3) is 8.55. The van der Waals surface area contributed by atoms with Crippen LogP contribution in [0.2, 0.25) is 0 Å². The van der Waals surface area contributed by atoms with Gasteiger partial charge in [-0.15, -0.1) is 0 Å². The van der Waals surface area contributed by atoms with E-state index in [9.17, 15) is 8.42 Å². The van der Waals surface area contributed by atoms with Crippen LogP contribution in [0.4, 0.5) is 5.69 Å². The second kappa shape index (κ2) is 11.3. The van der Waals surface area contributed by atoms with Gasteiger partial charge in [-0.2, -0.15) is 8.42 Å². The fourth-order valence-electron chi connectivity index (χ4n) is 2.59. The van der Waals surface area contributed by atoms with Crippen LogP contribution in [-0.2, 0) is 10.1 Å². The molecule has 0 saturated carbocycles. The van der Waals surface area contributed by atoms with Crippen LogP contribution >= 0.6 is 0 Å². The van der Waals surface area contributed by atoms with Crippen LogP contribution in [0.1, 0.15) is 71.1 Å². The zero-order chi connectivity index (χ0) is 17.8. The van der Waals surface area contributed by atoms with Gasteiger partial charge in [-0.3, -0.25) is 4.55 Å². The number of rotatable bonds is 13. The van der Waals surface area contributed by atoms with Gasteiger partial charge in [0.15, 0.2) is 0 Å². The highest BCUT2D eigenvalue weighted by Crippen LogP contribution is 2.25.